The highest BCUT2D eigenvalue weighted by Gasteiger charge is 2.10. The Morgan fingerprint density at radius 3 is 2.90 bits per heavy atom. The van der Waals surface area contributed by atoms with Crippen LogP contribution in [0.3, 0.4) is 0 Å². The summed E-state index contributed by atoms with van der Waals surface area (Å²) in [5.74, 6) is -0.452. The number of anilines is 1. The zero-order valence-electron chi connectivity index (χ0n) is 10.4. The molecule has 0 amide bonds. The van der Waals surface area contributed by atoms with Crippen LogP contribution in [0.2, 0.25) is 0 Å². The standard InChI is InChI=1S/C14H11N3O2S/c15-11-8-17(7-10(11)12-2-1-5-20-12)13-6-9(14(18)19)3-4-16-13/h1-8H,15H2,(H,18,19). The topological polar surface area (TPSA) is 81.1 Å². The first-order chi connectivity index (χ1) is 9.65. The molecule has 100 valence electrons. The van der Waals surface area contributed by atoms with Crippen LogP contribution < -0.4 is 5.73 Å². The van der Waals surface area contributed by atoms with Crippen LogP contribution in [0.1, 0.15) is 10.4 Å². The Bertz CT molecular complexity index is 763. The predicted octanol–water partition coefficient (Wildman–Crippen LogP) is 2.88. The highest BCUT2D eigenvalue weighted by molar-refractivity contribution is 7.13. The van der Waals surface area contributed by atoms with Crippen molar-refractivity contribution in [2.75, 3.05) is 5.73 Å². The van der Waals surface area contributed by atoms with Crippen LogP contribution >= 0.6 is 11.3 Å². The summed E-state index contributed by atoms with van der Waals surface area (Å²) < 4.78 is 1.73. The number of rotatable bonds is 3. The number of carbonyl (C=O) groups is 1. The van der Waals surface area contributed by atoms with Gasteiger partial charge in [0.25, 0.3) is 0 Å². The van der Waals surface area contributed by atoms with E-state index in [-0.39, 0.29) is 5.56 Å². The lowest BCUT2D eigenvalue weighted by molar-refractivity contribution is 0.0696. The fourth-order valence-corrected chi connectivity index (χ4v) is 2.69. The SMILES string of the molecule is Nc1cn(-c2cc(C(=O)O)ccn2)cc1-c1cccs1. The van der Waals surface area contributed by atoms with Crippen molar-refractivity contribution in [1.29, 1.82) is 0 Å². The van der Waals surface area contributed by atoms with E-state index >= 15 is 0 Å². The van der Waals surface area contributed by atoms with E-state index in [0.29, 0.717) is 11.5 Å². The smallest absolute Gasteiger partial charge is 0.335 e. The molecule has 0 saturated heterocycles. The summed E-state index contributed by atoms with van der Waals surface area (Å²) in [5.41, 5.74) is 7.76. The molecule has 0 atom stereocenters. The van der Waals surface area contributed by atoms with Gasteiger partial charge in [0.1, 0.15) is 5.82 Å². The first kappa shape index (κ1) is 12.4. The van der Waals surface area contributed by atoms with Crippen molar-refractivity contribution in [3.05, 3.63) is 53.8 Å². The van der Waals surface area contributed by atoms with E-state index in [4.69, 9.17) is 10.8 Å². The number of aromatic carboxylic acids is 1. The van der Waals surface area contributed by atoms with Crippen molar-refractivity contribution in [1.82, 2.24) is 9.55 Å². The molecular formula is C14H11N3O2S. The Morgan fingerprint density at radius 2 is 2.20 bits per heavy atom. The largest absolute Gasteiger partial charge is 0.478 e. The van der Waals surface area contributed by atoms with Crippen LogP contribution in [0.15, 0.2) is 48.2 Å². The van der Waals surface area contributed by atoms with E-state index in [1.807, 2.05) is 23.7 Å². The lowest BCUT2D eigenvalue weighted by atomic mass is 10.2. The predicted molar refractivity (Wildman–Crippen MR) is 78.2 cm³/mol. The van der Waals surface area contributed by atoms with E-state index in [1.54, 1.807) is 22.1 Å². The van der Waals surface area contributed by atoms with Gasteiger partial charge in [-0.05, 0) is 23.6 Å². The number of carboxylic acid groups (broad SMARTS) is 1. The number of aromatic nitrogens is 2. The summed E-state index contributed by atoms with van der Waals surface area (Å²) in [6.07, 6.45) is 5.07. The molecule has 0 bridgehead atoms. The van der Waals surface area contributed by atoms with E-state index in [2.05, 4.69) is 4.98 Å². The Labute approximate surface area is 118 Å². The molecule has 6 heteroatoms. The molecule has 0 aliphatic heterocycles. The highest BCUT2D eigenvalue weighted by atomic mass is 32.1. The summed E-state index contributed by atoms with van der Waals surface area (Å²) in [5, 5.41) is 11.0. The molecule has 3 N–H and O–H groups in total. The highest BCUT2D eigenvalue weighted by Crippen LogP contribution is 2.31. The lowest BCUT2D eigenvalue weighted by Crippen LogP contribution is -2.00. The van der Waals surface area contributed by atoms with Gasteiger partial charge in [-0.2, -0.15) is 0 Å². The number of nitrogens with zero attached hydrogens (tertiary/aromatic N) is 2. The molecule has 0 saturated carbocycles. The Balaban J connectivity index is 2.05. The molecule has 0 fully saturated rings. The van der Waals surface area contributed by atoms with E-state index in [9.17, 15) is 4.79 Å². The van der Waals surface area contributed by atoms with E-state index < -0.39 is 5.97 Å². The third-order valence-electron chi connectivity index (χ3n) is 2.90. The molecule has 0 spiro atoms. The van der Waals surface area contributed by atoms with Gasteiger partial charge in [0.05, 0.1) is 11.3 Å². The molecule has 5 nitrogen and oxygen atoms in total. The van der Waals surface area contributed by atoms with Crippen molar-refractivity contribution in [2.24, 2.45) is 0 Å². The molecule has 3 heterocycles. The van der Waals surface area contributed by atoms with Gasteiger partial charge in [0.15, 0.2) is 0 Å². The number of pyridine rings is 1. The minimum Gasteiger partial charge on any atom is -0.478 e. The first-order valence-corrected chi connectivity index (χ1v) is 6.74. The third-order valence-corrected chi connectivity index (χ3v) is 3.80. The molecule has 0 unspecified atom stereocenters. The van der Waals surface area contributed by atoms with Gasteiger partial charge in [-0.25, -0.2) is 9.78 Å². The van der Waals surface area contributed by atoms with Crippen molar-refractivity contribution in [3.8, 4) is 16.3 Å². The average Bonchev–Trinajstić information content (AvgIpc) is 3.07. The second-order valence-electron chi connectivity index (χ2n) is 4.22. The summed E-state index contributed by atoms with van der Waals surface area (Å²) in [6, 6.07) is 6.92. The van der Waals surface area contributed by atoms with Crippen LogP contribution in [0.25, 0.3) is 16.3 Å². The van der Waals surface area contributed by atoms with Crippen LogP contribution in [0.4, 0.5) is 5.69 Å². The fraction of sp³-hybridized carbons (Fsp3) is 0. The molecule has 0 aliphatic rings. The number of hydrogen-bond acceptors (Lipinski definition) is 4. The molecule has 0 radical (unpaired) electrons. The number of thiophene rings is 1. The van der Waals surface area contributed by atoms with Gasteiger partial charge in [-0.3, -0.25) is 0 Å². The van der Waals surface area contributed by atoms with Crippen LogP contribution in [-0.4, -0.2) is 20.6 Å². The zero-order valence-corrected chi connectivity index (χ0v) is 11.2. The molecular weight excluding hydrogens is 274 g/mol. The first-order valence-electron chi connectivity index (χ1n) is 5.86. The monoisotopic (exact) mass is 285 g/mol. The molecule has 0 aliphatic carbocycles. The Morgan fingerprint density at radius 1 is 1.35 bits per heavy atom. The van der Waals surface area contributed by atoms with E-state index in [0.717, 1.165) is 10.4 Å². The van der Waals surface area contributed by atoms with Crippen LogP contribution in [0, 0.1) is 0 Å². The maximum Gasteiger partial charge on any atom is 0.335 e. The Hall–Kier alpha value is -2.60. The molecule has 20 heavy (non-hydrogen) atoms. The Kier molecular flexibility index (Phi) is 3.00. The normalized spacial score (nSPS) is 10.6. The van der Waals surface area contributed by atoms with Crippen molar-refractivity contribution in [2.45, 2.75) is 0 Å². The molecule has 0 aromatic carbocycles. The van der Waals surface area contributed by atoms with Gasteiger partial charge in [0, 0.05) is 29.0 Å². The van der Waals surface area contributed by atoms with Crippen LogP contribution in [-0.2, 0) is 0 Å². The quantitative estimate of drug-likeness (QED) is 0.775. The number of carboxylic acids is 1. The van der Waals surface area contributed by atoms with Crippen molar-refractivity contribution < 1.29 is 9.90 Å². The summed E-state index contributed by atoms with van der Waals surface area (Å²) in [4.78, 5) is 16.2. The molecule has 3 aromatic heterocycles. The summed E-state index contributed by atoms with van der Waals surface area (Å²) in [6.45, 7) is 0. The fourth-order valence-electron chi connectivity index (χ4n) is 1.93. The van der Waals surface area contributed by atoms with Gasteiger partial charge >= 0.3 is 5.97 Å². The van der Waals surface area contributed by atoms with Gasteiger partial charge in [0.2, 0.25) is 0 Å². The van der Waals surface area contributed by atoms with Crippen molar-refractivity contribution >= 4 is 23.0 Å². The minimum atomic E-state index is -0.979. The minimum absolute atomic E-state index is 0.194. The van der Waals surface area contributed by atoms with Gasteiger partial charge in [-0.15, -0.1) is 11.3 Å². The second kappa shape index (κ2) is 4.82. The summed E-state index contributed by atoms with van der Waals surface area (Å²) in [7, 11) is 0. The zero-order chi connectivity index (χ0) is 14.1. The number of nitrogen functional groups attached to an aromatic ring is 1. The molecule has 3 aromatic rings. The maximum atomic E-state index is 11.0. The lowest BCUT2D eigenvalue weighted by Gasteiger charge is -2.02. The van der Waals surface area contributed by atoms with Crippen molar-refractivity contribution in [3.63, 3.8) is 0 Å². The molecule has 3 rings (SSSR count). The van der Waals surface area contributed by atoms with Crippen LogP contribution in [0.5, 0.6) is 0 Å². The number of nitrogens with two attached hydrogens (primary N) is 1. The van der Waals surface area contributed by atoms with Gasteiger partial charge in [-0.1, -0.05) is 6.07 Å². The number of hydrogen-bond donors (Lipinski definition) is 2. The third kappa shape index (κ3) is 2.17. The van der Waals surface area contributed by atoms with E-state index in [1.165, 1.54) is 18.3 Å². The van der Waals surface area contributed by atoms with Gasteiger partial charge < -0.3 is 15.4 Å². The maximum absolute atomic E-state index is 11.0. The summed E-state index contributed by atoms with van der Waals surface area (Å²) >= 11 is 1.60. The second-order valence-corrected chi connectivity index (χ2v) is 5.17. The average molecular weight is 285 g/mol.